The molecule has 1 atom stereocenters. The third kappa shape index (κ3) is 6.05. The van der Waals surface area contributed by atoms with Crippen molar-refractivity contribution < 1.29 is 27.5 Å². The van der Waals surface area contributed by atoms with Crippen molar-refractivity contribution in [3.63, 3.8) is 0 Å². The standard InChI is InChI=1S/C18H14ClF3N4O3S/c19-11-3-5-12(6-4-11)23-17(30)24-14(9-27)16-25-15(26-29-16)10-1-7-13(8-2-10)28-18(20,21)22/h1-8,14,27H,9H2,(H2,23,24,30)/t14-/m0/s1. The Bertz CT molecular complexity index is 997. The van der Waals surface area contributed by atoms with Crippen molar-refractivity contribution in [1.29, 1.82) is 0 Å². The molecule has 0 aliphatic rings. The van der Waals surface area contributed by atoms with E-state index in [1.807, 2.05) is 0 Å². The molecule has 0 amide bonds. The number of hydrogen-bond acceptors (Lipinski definition) is 6. The van der Waals surface area contributed by atoms with Gasteiger partial charge in [-0.3, -0.25) is 0 Å². The van der Waals surface area contributed by atoms with Crippen molar-refractivity contribution in [2.24, 2.45) is 0 Å². The van der Waals surface area contributed by atoms with E-state index in [9.17, 15) is 18.3 Å². The van der Waals surface area contributed by atoms with Gasteiger partial charge in [0.15, 0.2) is 5.11 Å². The van der Waals surface area contributed by atoms with Crippen LogP contribution in [-0.2, 0) is 0 Å². The first-order chi connectivity index (χ1) is 14.2. The summed E-state index contributed by atoms with van der Waals surface area (Å²) in [5, 5.41) is 20.0. The van der Waals surface area contributed by atoms with Gasteiger partial charge in [0, 0.05) is 16.3 Å². The van der Waals surface area contributed by atoms with Crippen LogP contribution in [0.3, 0.4) is 0 Å². The zero-order valence-electron chi connectivity index (χ0n) is 15.0. The monoisotopic (exact) mass is 458 g/mol. The van der Waals surface area contributed by atoms with Crippen molar-refractivity contribution in [3.05, 3.63) is 59.4 Å². The van der Waals surface area contributed by atoms with E-state index in [4.69, 9.17) is 28.3 Å². The zero-order chi connectivity index (χ0) is 21.7. The number of aromatic nitrogens is 2. The molecule has 0 unspecified atom stereocenters. The highest BCUT2D eigenvalue weighted by atomic mass is 35.5. The fraction of sp³-hybridized carbons (Fsp3) is 0.167. The molecule has 0 saturated carbocycles. The largest absolute Gasteiger partial charge is 0.573 e. The van der Waals surface area contributed by atoms with Gasteiger partial charge in [-0.25, -0.2) is 0 Å². The van der Waals surface area contributed by atoms with Crippen LogP contribution in [0.5, 0.6) is 5.75 Å². The average Bonchev–Trinajstić information content (AvgIpc) is 3.17. The van der Waals surface area contributed by atoms with E-state index >= 15 is 0 Å². The van der Waals surface area contributed by atoms with E-state index in [1.165, 1.54) is 12.1 Å². The molecule has 0 saturated heterocycles. The van der Waals surface area contributed by atoms with E-state index in [1.54, 1.807) is 24.3 Å². The molecule has 0 aliphatic heterocycles. The predicted octanol–water partition coefficient (Wildman–Crippen LogP) is 4.31. The van der Waals surface area contributed by atoms with Crippen LogP contribution in [0.25, 0.3) is 11.4 Å². The Balaban J connectivity index is 1.65. The van der Waals surface area contributed by atoms with Gasteiger partial charge in [0.25, 0.3) is 5.89 Å². The number of aliphatic hydroxyl groups is 1. The van der Waals surface area contributed by atoms with Gasteiger partial charge in [0.1, 0.15) is 11.8 Å². The van der Waals surface area contributed by atoms with Crippen molar-refractivity contribution in [1.82, 2.24) is 15.5 Å². The predicted molar refractivity (Wildman–Crippen MR) is 107 cm³/mol. The molecular formula is C18H14ClF3N4O3S. The number of aliphatic hydroxyl groups excluding tert-OH is 1. The Labute approximate surface area is 178 Å². The summed E-state index contributed by atoms with van der Waals surface area (Å²) in [5.41, 5.74) is 1.08. The van der Waals surface area contributed by atoms with Crippen LogP contribution >= 0.6 is 23.8 Å². The smallest absolute Gasteiger partial charge is 0.406 e. The van der Waals surface area contributed by atoms with Gasteiger partial charge in [0.2, 0.25) is 5.82 Å². The number of hydrogen-bond donors (Lipinski definition) is 3. The van der Waals surface area contributed by atoms with E-state index in [0.717, 1.165) is 12.1 Å². The number of benzene rings is 2. The van der Waals surface area contributed by atoms with Gasteiger partial charge in [-0.05, 0) is 60.7 Å². The summed E-state index contributed by atoms with van der Waals surface area (Å²) in [4.78, 5) is 4.16. The second kappa shape index (κ2) is 9.28. The average molecular weight is 459 g/mol. The van der Waals surface area contributed by atoms with Gasteiger partial charge < -0.3 is 25.0 Å². The van der Waals surface area contributed by atoms with E-state index in [-0.39, 0.29) is 22.6 Å². The molecule has 0 radical (unpaired) electrons. The maximum atomic E-state index is 12.2. The maximum Gasteiger partial charge on any atom is 0.573 e. The summed E-state index contributed by atoms with van der Waals surface area (Å²) in [7, 11) is 0. The van der Waals surface area contributed by atoms with Crippen LogP contribution in [0.1, 0.15) is 11.9 Å². The fourth-order valence-corrected chi connectivity index (χ4v) is 2.73. The zero-order valence-corrected chi connectivity index (χ0v) is 16.6. The molecule has 3 aromatic rings. The molecule has 0 spiro atoms. The molecule has 12 heteroatoms. The molecule has 0 bridgehead atoms. The molecule has 0 aliphatic carbocycles. The number of nitrogens with one attached hydrogen (secondary N) is 2. The molecule has 1 heterocycles. The minimum Gasteiger partial charge on any atom is -0.406 e. The second-order valence-electron chi connectivity index (χ2n) is 5.87. The van der Waals surface area contributed by atoms with Gasteiger partial charge in [0.05, 0.1) is 6.61 Å². The van der Waals surface area contributed by atoms with Crippen LogP contribution in [0, 0.1) is 0 Å². The minimum atomic E-state index is -4.78. The van der Waals surface area contributed by atoms with Gasteiger partial charge in [-0.2, -0.15) is 4.98 Å². The second-order valence-corrected chi connectivity index (χ2v) is 6.71. The van der Waals surface area contributed by atoms with Gasteiger partial charge in [-0.15, -0.1) is 13.2 Å². The molecule has 3 N–H and O–H groups in total. The normalized spacial score (nSPS) is 12.3. The van der Waals surface area contributed by atoms with E-state index in [2.05, 4.69) is 25.5 Å². The maximum absolute atomic E-state index is 12.2. The van der Waals surface area contributed by atoms with E-state index in [0.29, 0.717) is 16.3 Å². The van der Waals surface area contributed by atoms with Crippen LogP contribution in [0.2, 0.25) is 5.02 Å². The lowest BCUT2D eigenvalue weighted by atomic mass is 10.2. The third-order valence-electron chi connectivity index (χ3n) is 3.68. The first-order valence-corrected chi connectivity index (χ1v) is 9.16. The Morgan fingerprint density at radius 1 is 1.17 bits per heavy atom. The first kappa shape index (κ1) is 21.8. The van der Waals surface area contributed by atoms with Crippen molar-refractivity contribution in [2.45, 2.75) is 12.4 Å². The molecule has 0 fully saturated rings. The molecule has 30 heavy (non-hydrogen) atoms. The molecule has 1 aromatic heterocycles. The molecule has 2 aromatic carbocycles. The number of alkyl halides is 3. The summed E-state index contributed by atoms with van der Waals surface area (Å²) < 4.78 is 45.7. The Kier molecular flexibility index (Phi) is 6.75. The van der Waals surface area contributed by atoms with Crippen LogP contribution < -0.4 is 15.4 Å². The molecular weight excluding hydrogens is 445 g/mol. The Morgan fingerprint density at radius 2 is 1.83 bits per heavy atom. The minimum absolute atomic E-state index is 0.0448. The topological polar surface area (TPSA) is 92.4 Å². The first-order valence-electron chi connectivity index (χ1n) is 8.37. The summed E-state index contributed by atoms with van der Waals surface area (Å²) in [6, 6.07) is 11.0. The van der Waals surface area contributed by atoms with Crippen molar-refractivity contribution in [3.8, 4) is 17.1 Å². The van der Waals surface area contributed by atoms with Crippen LogP contribution in [-0.4, -0.2) is 33.3 Å². The SMILES string of the molecule is OC[C@H](NC(=S)Nc1ccc(Cl)cc1)c1nc(-c2ccc(OC(F)(F)F)cc2)no1. The highest BCUT2D eigenvalue weighted by Gasteiger charge is 2.31. The van der Waals surface area contributed by atoms with Crippen LogP contribution in [0.15, 0.2) is 53.1 Å². The third-order valence-corrected chi connectivity index (χ3v) is 4.15. The number of nitrogens with zero attached hydrogens (tertiary/aromatic N) is 2. The quantitative estimate of drug-likeness (QED) is 0.471. The van der Waals surface area contributed by atoms with Gasteiger partial charge >= 0.3 is 6.36 Å². The molecule has 3 rings (SSSR count). The Morgan fingerprint density at radius 3 is 2.43 bits per heavy atom. The van der Waals surface area contributed by atoms with Crippen molar-refractivity contribution in [2.75, 3.05) is 11.9 Å². The number of ether oxygens (including phenoxy) is 1. The number of rotatable bonds is 6. The summed E-state index contributed by atoms with van der Waals surface area (Å²) in [5.74, 6) is -0.202. The number of halogens is 4. The van der Waals surface area contributed by atoms with Crippen molar-refractivity contribution >= 4 is 34.6 Å². The number of thiocarbonyl (C=S) groups is 1. The highest BCUT2D eigenvalue weighted by Crippen LogP contribution is 2.26. The lowest BCUT2D eigenvalue weighted by molar-refractivity contribution is -0.274. The van der Waals surface area contributed by atoms with Crippen LogP contribution in [0.4, 0.5) is 18.9 Å². The summed E-state index contributed by atoms with van der Waals surface area (Å²) in [6.45, 7) is -0.400. The highest BCUT2D eigenvalue weighted by molar-refractivity contribution is 7.80. The summed E-state index contributed by atoms with van der Waals surface area (Å²) >= 11 is 11.0. The van der Waals surface area contributed by atoms with Gasteiger partial charge in [-0.1, -0.05) is 16.8 Å². The lowest BCUT2D eigenvalue weighted by Gasteiger charge is -2.15. The Hall–Kier alpha value is -2.89. The fourth-order valence-electron chi connectivity index (χ4n) is 2.34. The summed E-state index contributed by atoms with van der Waals surface area (Å²) in [6.07, 6.45) is -4.78. The number of anilines is 1. The van der Waals surface area contributed by atoms with E-state index < -0.39 is 19.0 Å². The molecule has 158 valence electrons. The molecule has 7 nitrogen and oxygen atoms in total. The lowest BCUT2D eigenvalue weighted by Crippen LogP contribution is -2.34.